The SMILES string of the molecule is CCc1nnc(-n2ccnc2CC)c(CN)c1CC. The molecule has 0 bridgehead atoms. The van der Waals surface area contributed by atoms with Crippen LogP contribution in [0.3, 0.4) is 0 Å². The van der Waals surface area contributed by atoms with E-state index in [4.69, 9.17) is 5.73 Å². The molecular formula is C14H21N5. The normalized spacial score (nSPS) is 10.9. The van der Waals surface area contributed by atoms with Crippen molar-refractivity contribution in [3.05, 3.63) is 35.0 Å². The summed E-state index contributed by atoms with van der Waals surface area (Å²) >= 11 is 0. The van der Waals surface area contributed by atoms with E-state index in [0.717, 1.165) is 42.2 Å². The molecule has 0 saturated carbocycles. The second kappa shape index (κ2) is 5.93. The summed E-state index contributed by atoms with van der Waals surface area (Å²) in [7, 11) is 0. The molecule has 2 N–H and O–H groups in total. The molecule has 0 aliphatic carbocycles. The fourth-order valence-corrected chi connectivity index (χ4v) is 2.44. The van der Waals surface area contributed by atoms with Crippen LogP contribution < -0.4 is 5.73 Å². The predicted octanol–water partition coefficient (Wildman–Crippen LogP) is 1.81. The number of hydrogen-bond acceptors (Lipinski definition) is 4. The van der Waals surface area contributed by atoms with Crippen LogP contribution in [0, 0.1) is 0 Å². The predicted molar refractivity (Wildman–Crippen MR) is 75.2 cm³/mol. The van der Waals surface area contributed by atoms with Gasteiger partial charge < -0.3 is 5.73 Å². The van der Waals surface area contributed by atoms with Crippen LogP contribution in [0.1, 0.15) is 43.4 Å². The van der Waals surface area contributed by atoms with Crippen molar-refractivity contribution in [2.75, 3.05) is 0 Å². The maximum absolute atomic E-state index is 5.95. The molecule has 19 heavy (non-hydrogen) atoms. The monoisotopic (exact) mass is 259 g/mol. The van der Waals surface area contributed by atoms with Crippen molar-refractivity contribution in [3.8, 4) is 5.82 Å². The number of rotatable bonds is 5. The van der Waals surface area contributed by atoms with Crippen LogP contribution in [0.5, 0.6) is 0 Å². The zero-order chi connectivity index (χ0) is 13.8. The van der Waals surface area contributed by atoms with Crippen molar-refractivity contribution in [1.82, 2.24) is 19.7 Å². The molecule has 0 spiro atoms. The highest BCUT2D eigenvalue weighted by molar-refractivity contribution is 5.42. The standard InChI is InChI=1S/C14H21N5/c1-4-10-11(9-15)14(18-17-12(10)5-2)19-8-7-16-13(19)6-3/h7-8H,4-6,9,15H2,1-3H3. The van der Waals surface area contributed by atoms with Crippen LogP contribution in [-0.4, -0.2) is 19.7 Å². The van der Waals surface area contributed by atoms with Gasteiger partial charge in [0.15, 0.2) is 5.82 Å². The zero-order valence-electron chi connectivity index (χ0n) is 11.8. The van der Waals surface area contributed by atoms with Gasteiger partial charge in [-0.25, -0.2) is 4.98 Å². The first kappa shape index (κ1) is 13.7. The number of imidazole rings is 1. The molecule has 0 atom stereocenters. The van der Waals surface area contributed by atoms with Crippen molar-refractivity contribution >= 4 is 0 Å². The van der Waals surface area contributed by atoms with Gasteiger partial charge in [0.2, 0.25) is 0 Å². The largest absolute Gasteiger partial charge is 0.326 e. The Kier molecular flexibility index (Phi) is 4.27. The molecule has 2 rings (SSSR count). The number of nitrogens with zero attached hydrogens (tertiary/aromatic N) is 4. The average molecular weight is 259 g/mol. The average Bonchev–Trinajstić information content (AvgIpc) is 2.93. The topological polar surface area (TPSA) is 69.6 Å². The molecule has 0 saturated heterocycles. The number of aryl methyl sites for hydroxylation is 2. The van der Waals surface area contributed by atoms with E-state index in [9.17, 15) is 0 Å². The first-order valence-corrected chi connectivity index (χ1v) is 6.86. The Hall–Kier alpha value is -1.75. The molecule has 2 heterocycles. The molecule has 0 aromatic carbocycles. The van der Waals surface area contributed by atoms with Gasteiger partial charge in [-0.1, -0.05) is 20.8 Å². The molecule has 5 nitrogen and oxygen atoms in total. The van der Waals surface area contributed by atoms with Gasteiger partial charge in [-0.15, -0.1) is 5.10 Å². The summed E-state index contributed by atoms with van der Waals surface area (Å²) < 4.78 is 1.99. The van der Waals surface area contributed by atoms with Crippen molar-refractivity contribution in [2.24, 2.45) is 5.73 Å². The molecule has 0 unspecified atom stereocenters. The van der Waals surface area contributed by atoms with Gasteiger partial charge in [0.25, 0.3) is 0 Å². The maximum Gasteiger partial charge on any atom is 0.165 e. The van der Waals surface area contributed by atoms with E-state index in [2.05, 4.69) is 36.0 Å². The van der Waals surface area contributed by atoms with Crippen LogP contribution in [0.25, 0.3) is 5.82 Å². The molecule has 2 aromatic rings. The van der Waals surface area contributed by atoms with E-state index in [-0.39, 0.29) is 0 Å². The lowest BCUT2D eigenvalue weighted by molar-refractivity contribution is 0.775. The summed E-state index contributed by atoms with van der Waals surface area (Å²) in [5.41, 5.74) is 9.31. The number of aromatic nitrogens is 4. The molecule has 5 heteroatoms. The van der Waals surface area contributed by atoms with Crippen LogP contribution in [0.15, 0.2) is 12.4 Å². The van der Waals surface area contributed by atoms with Gasteiger partial charge in [0, 0.05) is 30.9 Å². The highest BCUT2D eigenvalue weighted by atomic mass is 15.2. The lowest BCUT2D eigenvalue weighted by atomic mass is 10.0. The van der Waals surface area contributed by atoms with Crippen LogP contribution in [0.2, 0.25) is 0 Å². The van der Waals surface area contributed by atoms with Gasteiger partial charge in [-0.05, 0) is 18.4 Å². The van der Waals surface area contributed by atoms with Gasteiger partial charge in [0.05, 0.1) is 5.69 Å². The molecule has 0 fully saturated rings. The van der Waals surface area contributed by atoms with E-state index < -0.39 is 0 Å². The third-order valence-corrected chi connectivity index (χ3v) is 3.40. The fraction of sp³-hybridized carbons (Fsp3) is 0.500. The minimum Gasteiger partial charge on any atom is -0.326 e. The molecule has 0 radical (unpaired) electrons. The van der Waals surface area contributed by atoms with E-state index in [1.165, 1.54) is 5.56 Å². The minimum absolute atomic E-state index is 0.475. The van der Waals surface area contributed by atoms with Crippen LogP contribution in [-0.2, 0) is 25.8 Å². The van der Waals surface area contributed by atoms with Crippen molar-refractivity contribution in [2.45, 2.75) is 46.6 Å². The minimum atomic E-state index is 0.475. The Bertz CT molecular complexity index is 559. The summed E-state index contributed by atoms with van der Waals surface area (Å²) in [5.74, 6) is 1.81. The molecule has 102 valence electrons. The quantitative estimate of drug-likeness (QED) is 0.889. The summed E-state index contributed by atoms with van der Waals surface area (Å²) in [4.78, 5) is 4.34. The third kappa shape index (κ3) is 2.38. The van der Waals surface area contributed by atoms with Crippen LogP contribution in [0.4, 0.5) is 0 Å². The smallest absolute Gasteiger partial charge is 0.165 e. The second-order valence-electron chi connectivity index (χ2n) is 4.41. The van der Waals surface area contributed by atoms with Gasteiger partial charge >= 0.3 is 0 Å². The molecule has 0 aliphatic rings. The fourth-order valence-electron chi connectivity index (χ4n) is 2.44. The third-order valence-electron chi connectivity index (χ3n) is 3.40. The Balaban J connectivity index is 2.64. The number of nitrogens with two attached hydrogens (primary N) is 1. The summed E-state index contributed by atoms with van der Waals surface area (Å²) in [6.07, 6.45) is 6.38. The molecule has 0 amide bonds. The summed E-state index contributed by atoms with van der Waals surface area (Å²) in [5, 5.41) is 8.73. The van der Waals surface area contributed by atoms with Crippen molar-refractivity contribution < 1.29 is 0 Å². The first-order chi connectivity index (χ1) is 9.26. The summed E-state index contributed by atoms with van der Waals surface area (Å²) in [6.45, 7) is 6.78. The van der Waals surface area contributed by atoms with Crippen LogP contribution >= 0.6 is 0 Å². The lowest BCUT2D eigenvalue weighted by Crippen LogP contribution is -2.15. The van der Waals surface area contributed by atoms with E-state index in [1.54, 1.807) is 6.20 Å². The Morgan fingerprint density at radius 1 is 1.05 bits per heavy atom. The highest BCUT2D eigenvalue weighted by Crippen LogP contribution is 2.20. The Morgan fingerprint density at radius 3 is 2.42 bits per heavy atom. The van der Waals surface area contributed by atoms with E-state index >= 15 is 0 Å². The van der Waals surface area contributed by atoms with Gasteiger partial charge in [0.1, 0.15) is 5.82 Å². The van der Waals surface area contributed by atoms with Gasteiger partial charge in [-0.2, -0.15) is 5.10 Å². The maximum atomic E-state index is 5.95. The highest BCUT2D eigenvalue weighted by Gasteiger charge is 2.16. The zero-order valence-corrected chi connectivity index (χ0v) is 11.8. The number of hydrogen-bond donors (Lipinski definition) is 1. The molecular weight excluding hydrogens is 238 g/mol. The molecule has 2 aromatic heterocycles. The summed E-state index contributed by atoms with van der Waals surface area (Å²) in [6, 6.07) is 0. The molecule has 0 aliphatic heterocycles. The van der Waals surface area contributed by atoms with Gasteiger partial charge in [-0.3, -0.25) is 4.57 Å². The van der Waals surface area contributed by atoms with Crippen molar-refractivity contribution in [1.29, 1.82) is 0 Å². The van der Waals surface area contributed by atoms with E-state index in [1.807, 2.05) is 10.8 Å². The van der Waals surface area contributed by atoms with E-state index in [0.29, 0.717) is 6.54 Å². The van der Waals surface area contributed by atoms with Crippen molar-refractivity contribution in [3.63, 3.8) is 0 Å². The lowest BCUT2D eigenvalue weighted by Gasteiger charge is -2.15. The Labute approximate surface area is 113 Å². The first-order valence-electron chi connectivity index (χ1n) is 6.86. The Morgan fingerprint density at radius 2 is 1.84 bits per heavy atom. The second-order valence-corrected chi connectivity index (χ2v) is 4.41.